The Kier molecular flexibility index (Phi) is 6.22. The van der Waals surface area contributed by atoms with Crippen molar-refractivity contribution in [2.75, 3.05) is 38.8 Å². The Morgan fingerprint density at radius 2 is 2.35 bits per heavy atom. The summed E-state index contributed by atoms with van der Waals surface area (Å²) in [5.74, 6) is 0. The molecule has 2 heterocycles. The second-order valence-electron chi connectivity index (χ2n) is 5.00. The maximum Gasteiger partial charge on any atom is 0.186 e. The number of anilines is 1. The minimum atomic E-state index is 0.344. The van der Waals surface area contributed by atoms with Crippen LogP contribution in [-0.4, -0.2) is 44.9 Å². The Morgan fingerprint density at radius 3 is 3.05 bits per heavy atom. The van der Waals surface area contributed by atoms with Crippen molar-refractivity contribution in [2.24, 2.45) is 0 Å². The number of nitrogens with zero attached hydrogens (tertiary/aromatic N) is 2. The Morgan fingerprint density at radius 1 is 1.50 bits per heavy atom. The summed E-state index contributed by atoms with van der Waals surface area (Å²) in [6.07, 6.45) is 2.67. The molecular weight excluding hydrogens is 274 g/mol. The summed E-state index contributed by atoms with van der Waals surface area (Å²) in [6, 6.07) is 0. The van der Waals surface area contributed by atoms with Crippen LogP contribution >= 0.6 is 11.3 Å². The molecule has 0 aliphatic carbocycles. The van der Waals surface area contributed by atoms with Crippen LogP contribution in [0.5, 0.6) is 0 Å². The first-order valence-corrected chi connectivity index (χ1v) is 8.08. The van der Waals surface area contributed by atoms with Crippen molar-refractivity contribution >= 4 is 16.5 Å². The van der Waals surface area contributed by atoms with Gasteiger partial charge >= 0.3 is 0 Å². The van der Waals surface area contributed by atoms with E-state index in [0.29, 0.717) is 12.7 Å². The molecule has 0 radical (unpaired) electrons. The molecule has 1 atom stereocenters. The van der Waals surface area contributed by atoms with E-state index in [9.17, 15) is 0 Å². The summed E-state index contributed by atoms with van der Waals surface area (Å²) < 4.78 is 11.0. The zero-order chi connectivity index (χ0) is 14.4. The second kappa shape index (κ2) is 7.93. The van der Waals surface area contributed by atoms with E-state index in [1.807, 2.05) is 7.05 Å². The average molecular weight is 299 g/mol. The van der Waals surface area contributed by atoms with Gasteiger partial charge in [-0.3, -0.25) is 0 Å². The van der Waals surface area contributed by atoms with E-state index in [1.165, 1.54) is 11.3 Å². The highest BCUT2D eigenvalue weighted by Crippen LogP contribution is 2.29. The molecule has 20 heavy (non-hydrogen) atoms. The molecule has 1 N–H and O–H groups in total. The van der Waals surface area contributed by atoms with Crippen molar-refractivity contribution in [3.63, 3.8) is 0 Å². The molecule has 1 unspecified atom stereocenters. The molecule has 0 saturated carbocycles. The Balaban J connectivity index is 2.08. The molecule has 1 fully saturated rings. The first-order chi connectivity index (χ1) is 9.78. The lowest BCUT2D eigenvalue weighted by molar-refractivity contribution is 0.0526. The maximum absolute atomic E-state index is 5.76. The number of hydrogen-bond donors (Lipinski definition) is 1. The molecule has 0 amide bonds. The Labute approximate surface area is 125 Å². The van der Waals surface area contributed by atoms with Crippen molar-refractivity contribution in [2.45, 2.75) is 39.0 Å². The van der Waals surface area contributed by atoms with Gasteiger partial charge < -0.3 is 19.7 Å². The molecule has 2 rings (SSSR count). The SMILES string of the molecule is CCOC1CCCN(c2nc(COC)c(CNC)s2)C1. The molecule has 1 aromatic heterocycles. The van der Waals surface area contributed by atoms with E-state index in [-0.39, 0.29) is 0 Å². The number of methoxy groups -OCH3 is 1. The molecule has 6 heteroatoms. The molecule has 114 valence electrons. The van der Waals surface area contributed by atoms with Gasteiger partial charge in [-0.25, -0.2) is 4.98 Å². The fourth-order valence-corrected chi connectivity index (χ4v) is 3.65. The summed E-state index contributed by atoms with van der Waals surface area (Å²) in [6.45, 7) is 6.30. The van der Waals surface area contributed by atoms with Crippen molar-refractivity contribution < 1.29 is 9.47 Å². The van der Waals surface area contributed by atoms with Crippen molar-refractivity contribution in [3.8, 4) is 0 Å². The number of nitrogens with one attached hydrogen (secondary N) is 1. The highest BCUT2D eigenvalue weighted by molar-refractivity contribution is 7.15. The fourth-order valence-electron chi connectivity index (χ4n) is 2.54. The van der Waals surface area contributed by atoms with Gasteiger partial charge in [0.2, 0.25) is 0 Å². The van der Waals surface area contributed by atoms with Crippen LogP contribution < -0.4 is 10.2 Å². The summed E-state index contributed by atoms with van der Waals surface area (Å²) in [4.78, 5) is 8.38. The van der Waals surface area contributed by atoms with E-state index < -0.39 is 0 Å². The fraction of sp³-hybridized carbons (Fsp3) is 0.786. The van der Waals surface area contributed by atoms with Crippen molar-refractivity contribution in [1.82, 2.24) is 10.3 Å². The zero-order valence-corrected chi connectivity index (χ0v) is 13.5. The molecule has 5 nitrogen and oxygen atoms in total. The largest absolute Gasteiger partial charge is 0.378 e. The van der Waals surface area contributed by atoms with Crippen LogP contribution in [0.15, 0.2) is 0 Å². The second-order valence-corrected chi connectivity index (χ2v) is 6.06. The van der Waals surface area contributed by atoms with Crippen LogP contribution in [-0.2, 0) is 22.6 Å². The quantitative estimate of drug-likeness (QED) is 0.834. The van der Waals surface area contributed by atoms with Crippen LogP contribution in [0, 0.1) is 0 Å². The van der Waals surface area contributed by atoms with Gasteiger partial charge in [-0.1, -0.05) is 0 Å². The lowest BCUT2D eigenvalue weighted by Gasteiger charge is -2.32. The van der Waals surface area contributed by atoms with Gasteiger partial charge in [0.1, 0.15) is 0 Å². The van der Waals surface area contributed by atoms with Crippen LogP contribution in [0.4, 0.5) is 5.13 Å². The maximum atomic E-state index is 5.76. The number of aromatic nitrogens is 1. The van der Waals surface area contributed by atoms with Crippen LogP contribution in [0.1, 0.15) is 30.3 Å². The lowest BCUT2D eigenvalue weighted by atomic mass is 10.1. The van der Waals surface area contributed by atoms with Crippen LogP contribution in [0.2, 0.25) is 0 Å². The van der Waals surface area contributed by atoms with Gasteiger partial charge in [0.25, 0.3) is 0 Å². The van der Waals surface area contributed by atoms with E-state index >= 15 is 0 Å². The molecule has 0 spiro atoms. The number of ether oxygens (including phenoxy) is 2. The van der Waals surface area contributed by atoms with Gasteiger partial charge in [-0.2, -0.15) is 0 Å². The van der Waals surface area contributed by atoms with Crippen molar-refractivity contribution in [3.05, 3.63) is 10.6 Å². The first kappa shape index (κ1) is 15.7. The number of rotatable bonds is 7. The zero-order valence-electron chi connectivity index (χ0n) is 12.6. The van der Waals surface area contributed by atoms with Gasteiger partial charge in [-0.15, -0.1) is 11.3 Å². The molecule has 0 aromatic carbocycles. The van der Waals surface area contributed by atoms with E-state index in [2.05, 4.69) is 17.1 Å². The first-order valence-electron chi connectivity index (χ1n) is 7.27. The molecule has 1 saturated heterocycles. The molecule has 0 bridgehead atoms. The highest BCUT2D eigenvalue weighted by Gasteiger charge is 2.23. The Hall–Kier alpha value is -0.690. The molecule has 1 aliphatic heterocycles. The van der Waals surface area contributed by atoms with E-state index in [1.54, 1.807) is 18.4 Å². The van der Waals surface area contributed by atoms with E-state index in [0.717, 1.165) is 43.5 Å². The smallest absolute Gasteiger partial charge is 0.186 e. The third-order valence-corrected chi connectivity index (χ3v) is 4.59. The van der Waals surface area contributed by atoms with Gasteiger partial charge in [0, 0.05) is 38.2 Å². The van der Waals surface area contributed by atoms with Crippen LogP contribution in [0.3, 0.4) is 0 Å². The average Bonchev–Trinajstić information content (AvgIpc) is 2.84. The third-order valence-electron chi connectivity index (χ3n) is 3.44. The third kappa shape index (κ3) is 3.91. The number of thiazole rings is 1. The normalized spacial score (nSPS) is 19.6. The minimum absolute atomic E-state index is 0.344. The van der Waals surface area contributed by atoms with Gasteiger partial charge in [-0.05, 0) is 26.8 Å². The van der Waals surface area contributed by atoms with Gasteiger partial charge in [0.05, 0.1) is 18.4 Å². The summed E-state index contributed by atoms with van der Waals surface area (Å²) in [5.41, 5.74) is 1.06. The number of piperidine rings is 1. The van der Waals surface area contributed by atoms with E-state index in [4.69, 9.17) is 14.5 Å². The topological polar surface area (TPSA) is 46.6 Å². The molecule has 1 aliphatic rings. The van der Waals surface area contributed by atoms with Gasteiger partial charge in [0.15, 0.2) is 5.13 Å². The van der Waals surface area contributed by atoms with Crippen molar-refractivity contribution in [1.29, 1.82) is 0 Å². The van der Waals surface area contributed by atoms with Crippen LogP contribution in [0.25, 0.3) is 0 Å². The summed E-state index contributed by atoms with van der Waals surface area (Å²) in [5, 5.41) is 4.30. The standard InChI is InChI=1S/C14H25N3O2S/c1-4-19-11-6-5-7-17(9-11)14-16-12(10-18-3)13(20-14)8-15-2/h11,15H,4-10H2,1-3H3. The molecule has 1 aromatic rings. The number of hydrogen-bond acceptors (Lipinski definition) is 6. The predicted octanol–water partition coefficient (Wildman–Crippen LogP) is 2.01. The lowest BCUT2D eigenvalue weighted by Crippen LogP contribution is -2.39. The summed E-state index contributed by atoms with van der Waals surface area (Å²) in [7, 11) is 3.68. The summed E-state index contributed by atoms with van der Waals surface area (Å²) >= 11 is 1.77. The Bertz CT molecular complexity index is 386. The monoisotopic (exact) mass is 299 g/mol. The minimum Gasteiger partial charge on any atom is -0.378 e. The predicted molar refractivity (Wildman–Crippen MR) is 82.5 cm³/mol. The highest BCUT2D eigenvalue weighted by atomic mass is 32.1. The molecular formula is C14H25N3O2S.